The van der Waals surface area contributed by atoms with Gasteiger partial charge in [-0.2, -0.15) is 0 Å². The van der Waals surface area contributed by atoms with E-state index in [1.54, 1.807) is 0 Å². The molecule has 0 aromatic heterocycles. The fourth-order valence-corrected chi connectivity index (χ4v) is 1.55. The number of hydrogen-bond acceptors (Lipinski definition) is 1. The van der Waals surface area contributed by atoms with Crippen molar-refractivity contribution in [1.29, 1.82) is 0 Å². The van der Waals surface area contributed by atoms with Crippen molar-refractivity contribution >= 4 is 29.1 Å². The number of hydrogen-bond donors (Lipinski definition) is 1. The molecule has 0 aliphatic rings. The lowest BCUT2D eigenvalue weighted by atomic mass is 10.0. The van der Waals surface area contributed by atoms with Crippen LogP contribution < -0.4 is 5.32 Å². The van der Waals surface area contributed by atoms with Crippen molar-refractivity contribution in [2.24, 2.45) is 0 Å². The van der Waals surface area contributed by atoms with Gasteiger partial charge in [-0.3, -0.25) is 4.79 Å². The van der Waals surface area contributed by atoms with Gasteiger partial charge < -0.3 is 5.32 Å². The van der Waals surface area contributed by atoms with Gasteiger partial charge in [0.05, 0.1) is 6.04 Å². The molecule has 1 aromatic rings. The predicted molar refractivity (Wildman–Crippen MR) is 63.3 cm³/mol. The lowest BCUT2D eigenvalue weighted by molar-refractivity contribution is -0.119. The van der Waals surface area contributed by atoms with Crippen molar-refractivity contribution in [3.63, 3.8) is 0 Å². The maximum Gasteiger partial charge on any atom is 0.235 e. The van der Waals surface area contributed by atoms with Crippen molar-refractivity contribution in [1.82, 2.24) is 5.32 Å². The normalized spacial score (nSPS) is 12.2. The maximum absolute atomic E-state index is 11.2. The van der Waals surface area contributed by atoms with E-state index in [0.717, 1.165) is 12.0 Å². The third-order valence-corrected chi connectivity index (χ3v) is 2.63. The third kappa shape index (κ3) is 3.73. The van der Waals surface area contributed by atoms with E-state index in [0.29, 0.717) is 5.02 Å². The van der Waals surface area contributed by atoms with Gasteiger partial charge in [0.15, 0.2) is 0 Å². The van der Waals surface area contributed by atoms with Crippen LogP contribution in [0, 0.1) is 0 Å². The Balaban J connectivity index is 2.74. The van der Waals surface area contributed by atoms with Crippen LogP contribution in [-0.4, -0.2) is 11.8 Å². The van der Waals surface area contributed by atoms with E-state index in [2.05, 4.69) is 5.32 Å². The zero-order valence-electron chi connectivity index (χ0n) is 8.47. The Hall–Kier alpha value is -0.730. The minimum atomic E-state index is -0.154. The summed E-state index contributed by atoms with van der Waals surface area (Å²) in [5.41, 5.74) is 1.04. The monoisotopic (exact) mass is 245 g/mol. The predicted octanol–water partition coefficient (Wildman–Crippen LogP) is 3.15. The standard InChI is InChI=1S/C11H13Cl2NO/c1-2-10(14-11(15)7-12)8-3-5-9(13)6-4-8/h3-6,10H,2,7H2,1H3,(H,14,15). The van der Waals surface area contributed by atoms with Crippen LogP contribution in [0.3, 0.4) is 0 Å². The van der Waals surface area contributed by atoms with E-state index in [9.17, 15) is 4.79 Å². The molecule has 0 saturated heterocycles. The van der Waals surface area contributed by atoms with E-state index in [4.69, 9.17) is 23.2 Å². The molecule has 0 saturated carbocycles. The maximum atomic E-state index is 11.2. The second-order valence-corrected chi connectivity index (χ2v) is 3.92. The van der Waals surface area contributed by atoms with Gasteiger partial charge in [0.25, 0.3) is 0 Å². The largest absolute Gasteiger partial charge is 0.348 e. The molecule has 0 aliphatic carbocycles. The number of carbonyl (C=O) groups is 1. The molecular weight excluding hydrogens is 233 g/mol. The first-order valence-electron chi connectivity index (χ1n) is 4.78. The number of benzene rings is 1. The Kier molecular flexibility index (Phi) is 4.92. The molecule has 15 heavy (non-hydrogen) atoms. The van der Waals surface area contributed by atoms with Crippen LogP contribution in [0.2, 0.25) is 5.02 Å². The number of alkyl halides is 1. The molecule has 0 radical (unpaired) electrons. The number of carbonyl (C=O) groups excluding carboxylic acids is 1. The van der Waals surface area contributed by atoms with Gasteiger partial charge in [-0.1, -0.05) is 30.7 Å². The van der Waals surface area contributed by atoms with Gasteiger partial charge in [-0.15, -0.1) is 11.6 Å². The summed E-state index contributed by atoms with van der Waals surface area (Å²) in [6.07, 6.45) is 0.824. The Labute approximate surface area is 99.6 Å². The fraction of sp³-hybridized carbons (Fsp3) is 0.364. The van der Waals surface area contributed by atoms with Crippen LogP contribution in [0.25, 0.3) is 0 Å². The van der Waals surface area contributed by atoms with E-state index in [-0.39, 0.29) is 17.8 Å². The summed E-state index contributed by atoms with van der Waals surface area (Å²) in [5, 5.41) is 3.53. The quantitative estimate of drug-likeness (QED) is 0.812. The molecule has 0 spiro atoms. The van der Waals surface area contributed by atoms with Crippen LogP contribution in [0.15, 0.2) is 24.3 Å². The van der Waals surface area contributed by atoms with Gasteiger partial charge in [-0.05, 0) is 24.1 Å². The minimum absolute atomic E-state index is 0.00789. The van der Waals surface area contributed by atoms with Crippen molar-refractivity contribution < 1.29 is 4.79 Å². The highest BCUT2D eigenvalue weighted by Gasteiger charge is 2.11. The van der Waals surface area contributed by atoms with Crippen LogP contribution in [-0.2, 0) is 4.79 Å². The van der Waals surface area contributed by atoms with E-state index in [1.807, 2.05) is 31.2 Å². The summed E-state index contributed by atoms with van der Waals surface area (Å²) in [6.45, 7) is 2.01. The smallest absolute Gasteiger partial charge is 0.235 e. The first kappa shape index (κ1) is 12.3. The molecule has 4 heteroatoms. The molecule has 0 bridgehead atoms. The topological polar surface area (TPSA) is 29.1 Å². The molecule has 1 atom stereocenters. The Bertz CT molecular complexity index is 324. The second-order valence-electron chi connectivity index (χ2n) is 3.21. The summed E-state index contributed by atoms with van der Waals surface area (Å²) in [4.78, 5) is 11.2. The first-order chi connectivity index (χ1) is 7.17. The van der Waals surface area contributed by atoms with Crippen molar-refractivity contribution in [2.45, 2.75) is 19.4 Å². The molecule has 0 aliphatic heterocycles. The highest BCUT2D eigenvalue weighted by atomic mass is 35.5. The average Bonchev–Trinajstić information content (AvgIpc) is 2.27. The zero-order chi connectivity index (χ0) is 11.3. The second kappa shape index (κ2) is 5.99. The van der Waals surface area contributed by atoms with Gasteiger partial charge in [0.2, 0.25) is 5.91 Å². The third-order valence-electron chi connectivity index (χ3n) is 2.14. The van der Waals surface area contributed by atoms with Gasteiger partial charge in [0.1, 0.15) is 5.88 Å². The Morgan fingerprint density at radius 2 is 2.00 bits per heavy atom. The molecule has 1 aromatic carbocycles. The summed E-state index contributed by atoms with van der Waals surface area (Å²) in [6, 6.07) is 7.45. The van der Waals surface area contributed by atoms with Crippen LogP contribution in [0.5, 0.6) is 0 Å². The SMILES string of the molecule is CCC(NC(=O)CCl)c1ccc(Cl)cc1. The molecule has 0 fully saturated rings. The van der Waals surface area contributed by atoms with Crippen LogP contribution in [0.4, 0.5) is 0 Å². The van der Waals surface area contributed by atoms with E-state index < -0.39 is 0 Å². The molecule has 0 heterocycles. The lowest BCUT2D eigenvalue weighted by Gasteiger charge is -2.16. The number of amides is 1. The van der Waals surface area contributed by atoms with Crippen LogP contribution >= 0.6 is 23.2 Å². The van der Waals surface area contributed by atoms with Gasteiger partial charge in [-0.25, -0.2) is 0 Å². The molecule has 2 nitrogen and oxygen atoms in total. The molecule has 1 unspecified atom stereocenters. The van der Waals surface area contributed by atoms with Gasteiger partial charge in [0, 0.05) is 5.02 Å². The molecule has 1 N–H and O–H groups in total. The number of nitrogens with one attached hydrogen (secondary N) is 1. The van der Waals surface area contributed by atoms with Gasteiger partial charge >= 0.3 is 0 Å². The summed E-state index contributed by atoms with van der Waals surface area (Å²) in [5.74, 6) is -0.164. The van der Waals surface area contributed by atoms with Crippen molar-refractivity contribution in [2.75, 3.05) is 5.88 Å². The molecule has 1 rings (SSSR count). The highest BCUT2D eigenvalue weighted by Crippen LogP contribution is 2.18. The van der Waals surface area contributed by atoms with Crippen LogP contribution in [0.1, 0.15) is 24.9 Å². The summed E-state index contributed by atoms with van der Waals surface area (Å²) >= 11 is 11.2. The summed E-state index contributed by atoms with van der Waals surface area (Å²) in [7, 11) is 0. The molecular formula is C11H13Cl2NO. The van der Waals surface area contributed by atoms with E-state index in [1.165, 1.54) is 0 Å². The van der Waals surface area contributed by atoms with Crippen molar-refractivity contribution in [3.8, 4) is 0 Å². The van der Waals surface area contributed by atoms with Crippen molar-refractivity contribution in [3.05, 3.63) is 34.9 Å². The molecule has 82 valence electrons. The number of rotatable bonds is 4. The fourth-order valence-electron chi connectivity index (χ4n) is 1.35. The Morgan fingerprint density at radius 3 is 2.47 bits per heavy atom. The Morgan fingerprint density at radius 1 is 1.40 bits per heavy atom. The number of halogens is 2. The molecule has 1 amide bonds. The van der Waals surface area contributed by atoms with E-state index >= 15 is 0 Å². The lowest BCUT2D eigenvalue weighted by Crippen LogP contribution is -2.28. The summed E-state index contributed by atoms with van der Waals surface area (Å²) < 4.78 is 0. The zero-order valence-corrected chi connectivity index (χ0v) is 9.98. The first-order valence-corrected chi connectivity index (χ1v) is 5.69. The highest BCUT2D eigenvalue weighted by molar-refractivity contribution is 6.30. The minimum Gasteiger partial charge on any atom is -0.348 e. The average molecular weight is 246 g/mol.